The van der Waals surface area contributed by atoms with Crippen LogP contribution in [-0.4, -0.2) is 25.7 Å². The summed E-state index contributed by atoms with van der Waals surface area (Å²) in [4.78, 5) is 11.3. The average molecular weight is 225 g/mol. The van der Waals surface area contributed by atoms with Crippen LogP contribution in [0, 0.1) is 5.82 Å². The molecular formula is C11H12FNO3. The van der Waals surface area contributed by atoms with E-state index >= 15 is 0 Å². The van der Waals surface area contributed by atoms with Gasteiger partial charge in [-0.25, -0.2) is 9.18 Å². The van der Waals surface area contributed by atoms with Crippen LogP contribution in [-0.2, 0) is 4.74 Å². The Kier molecular flexibility index (Phi) is 2.68. The van der Waals surface area contributed by atoms with Gasteiger partial charge in [-0.3, -0.25) is 0 Å². The maximum atomic E-state index is 13.6. The number of benzene rings is 1. The van der Waals surface area contributed by atoms with Gasteiger partial charge in [-0.1, -0.05) is 0 Å². The Morgan fingerprint density at radius 3 is 3.06 bits per heavy atom. The summed E-state index contributed by atoms with van der Waals surface area (Å²) in [5, 5.41) is 3.00. The van der Waals surface area contributed by atoms with Gasteiger partial charge in [-0.2, -0.15) is 0 Å². The summed E-state index contributed by atoms with van der Waals surface area (Å²) in [5.41, 5.74) is 0.655. The van der Waals surface area contributed by atoms with Crippen LogP contribution < -0.4 is 10.1 Å². The number of carbonyl (C=O) groups is 1. The van der Waals surface area contributed by atoms with Crippen molar-refractivity contribution in [2.24, 2.45) is 0 Å². The van der Waals surface area contributed by atoms with E-state index in [9.17, 15) is 9.18 Å². The number of methoxy groups -OCH3 is 1. The van der Waals surface area contributed by atoms with Crippen LogP contribution in [0.15, 0.2) is 12.1 Å². The van der Waals surface area contributed by atoms with Gasteiger partial charge in [0.1, 0.15) is 6.10 Å². The fourth-order valence-corrected chi connectivity index (χ4v) is 1.58. The van der Waals surface area contributed by atoms with Crippen molar-refractivity contribution >= 4 is 11.7 Å². The third-order valence-corrected chi connectivity index (χ3v) is 2.36. The largest absolute Gasteiger partial charge is 0.484 e. The molecule has 1 aromatic rings. The first-order chi connectivity index (χ1) is 7.61. The number of fused-ring (bicyclic) bond motifs is 1. The molecule has 1 atom stereocenters. The van der Waals surface area contributed by atoms with E-state index in [0.29, 0.717) is 12.2 Å². The van der Waals surface area contributed by atoms with Crippen molar-refractivity contribution in [2.75, 3.05) is 19.0 Å². The van der Waals surface area contributed by atoms with Crippen LogP contribution in [0.3, 0.4) is 0 Å². The summed E-state index contributed by atoms with van der Waals surface area (Å²) in [6.45, 7) is 2.42. The smallest absolute Gasteiger partial charge is 0.338 e. The SMILES string of the molecule is COC(=O)c1cc(F)c2c(c1)NC[C@@H](C)O2. The van der Waals surface area contributed by atoms with Crippen molar-refractivity contribution in [1.29, 1.82) is 0 Å². The fourth-order valence-electron chi connectivity index (χ4n) is 1.58. The van der Waals surface area contributed by atoms with E-state index in [1.807, 2.05) is 6.92 Å². The Morgan fingerprint density at radius 1 is 1.62 bits per heavy atom. The highest BCUT2D eigenvalue weighted by Crippen LogP contribution is 2.33. The van der Waals surface area contributed by atoms with Crippen molar-refractivity contribution < 1.29 is 18.7 Å². The molecule has 1 aliphatic heterocycles. The standard InChI is InChI=1S/C11H12FNO3/c1-6-5-13-9-4-7(11(14)15-2)3-8(12)10(9)16-6/h3-4,6,13H,5H2,1-2H3/t6-/m1/s1. The molecule has 0 amide bonds. The van der Waals surface area contributed by atoms with E-state index in [1.54, 1.807) is 0 Å². The lowest BCUT2D eigenvalue weighted by Gasteiger charge is -2.25. The van der Waals surface area contributed by atoms with Crippen molar-refractivity contribution in [3.63, 3.8) is 0 Å². The summed E-state index contributed by atoms with van der Waals surface area (Å²) >= 11 is 0. The van der Waals surface area contributed by atoms with Crippen molar-refractivity contribution in [2.45, 2.75) is 13.0 Å². The van der Waals surface area contributed by atoms with E-state index in [4.69, 9.17) is 4.74 Å². The van der Waals surface area contributed by atoms with Crippen LogP contribution in [0.1, 0.15) is 17.3 Å². The quantitative estimate of drug-likeness (QED) is 0.740. The molecule has 0 unspecified atom stereocenters. The average Bonchev–Trinajstić information content (AvgIpc) is 2.28. The van der Waals surface area contributed by atoms with Gasteiger partial charge in [0, 0.05) is 0 Å². The number of rotatable bonds is 1. The van der Waals surface area contributed by atoms with Gasteiger partial charge in [0.15, 0.2) is 11.6 Å². The zero-order valence-corrected chi connectivity index (χ0v) is 9.04. The summed E-state index contributed by atoms with van der Waals surface area (Å²) in [6, 6.07) is 2.64. The molecule has 1 aromatic carbocycles. The minimum absolute atomic E-state index is 0.0917. The number of halogens is 1. The number of ether oxygens (including phenoxy) is 2. The first-order valence-corrected chi connectivity index (χ1v) is 4.94. The van der Waals surface area contributed by atoms with Gasteiger partial charge in [0.25, 0.3) is 0 Å². The second kappa shape index (κ2) is 4.00. The van der Waals surface area contributed by atoms with E-state index in [2.05, 4.69) is 10.1 Å². The summed E-state index contributed by atoms with van der Waals surface area (Å²) in [6.07, 6.45) is -0.0917. The predicted molar refractivity (Wildman–Crippen MR) is 56.3 cm³/mol. The molecule has 0 saturated heterocycles. The zero-order valence-electron chi connectivity index (χ0n) is 9.04. The summed E-state index contributed by atoms with van der Waals surface area (Å²) in [7, 11) is 1.26. The minimum Gasteiger partial charge on any atom is -0.484 e. The Balaban J connectivity index is 2.42. The Morgan fingerprint density at radius 2 is 2.38 bits per heavy atom. The van der Waals surface area contributed by atoms with Crippen LogP contribution >= 0.6 is 0 Å². The first-order valence-electron chi connectivity index (χ1n) is 4.94. The lowest BCUT2D eigenvalue weighted by atomic mass is 10.1. The number of carbonyl (C=O) groups excluding carboxylic acids is 1. The topological polar surface area (TPSA) is 47.6 Å². The van der Waals surface area contributed by atoms with Gasteiger partial charge in [0.05, 0.1) is 24.9 Å². The molecule has 4 nitrogen and oxygen atoms in total. The molecule has 1 N–H and O–H groups in total. The predicted octanol–water partition coefficient (Wildman–Crippen LogP) is 1.81. The molecule has 0 bridgehead atoms. The van der Waals surface area contributed by atoms with Crippen molar-refractivity contribution in [3.8, 4) is 5.75 Å². The highest BCUT2D eigenvalue weighted by Gasteiger charge is 2.22. The van der Waals surface area contributed by atoms with Crippen molar-refractivity contribution in [1.82, 2.24) is 0 Å². The molecule has 1 heterocycles. The summed E-state index contributed by atoms with van der Waals surface area (Å²) in [5.74, 6) is -0.967. The van der Waals surface area contributed by atoms with E-state index in [-0.39, 0.29) is 17.4 Å². The van der Waals surface area contributed by atoms with Crippen LogP contribution in [0.4, 0.5) is 10.1 Å². The summed E-state index contributed by atoms with van der Waals surface area (Å²) < 4.78 is 23.5. The molecular weight excluding hydrogens is 213 g/mol. The second-order valence-electron chi connectivity index (χ2n) is 3.64. The number of esters is 1. The first kappa shape index (κ1) is 10.7. The Bertz CT molecular complexity index is 433. The lowest BCUT2D eigenvalue weighted by Crippen LogP contribution is -2.28. The molecule has 16 heavy (non-hydrogen) atoms. The van der Waals surface area contributed by atoms with Crippen LogP contribution in [0.25, 0.3) is 0 Å². The van der Waals surface area contributed by atoms with Gasteiger partial charge in [0.2, 0.25) is 0 Å². The highest BCUT2D eigenvalue weighted by atomic mass is 19.1. The van der Waals surface area contributed by atoms with Crippen molar-refractivity contribution in [3.05, 3.63) is 23.5 Å². The lowest BCUT2D eigenvalue weighted by molar-refractivity contribution is 0.0600. The zero-order chi connectivity index (χ0) is 11.7. The number of hydrogen-bond donors (Lipinski definition) is 1. The molecule has 1 aliphatic rings. The highest BCUT2D eigenvalue weighted by molar-refractivity contribution is 5.91. The molecule has 0 radical (unpaired) electrons. The second-order valence-corrected chi connectivity index (χ2v) is 3.64. The van der Waals surface area contributed by atoms with E-state index in [0.717, 1.165) is 6.07 Å². The molecule has 0 fully saturated rings. The molecule has 0 saturated carbocycles. The van der Waals surface area contributed by atoms with Gasteiger partial charge >= 0.3 is 5.97 Å². The Labute approximate surface area is 92.4 Å². The minimum atomic E-state index is -0.567. The third kappa shape index (κ3) is 1.80. The van der Waals surface area contributed by atoms with Gasteiger partial charge in [-0.15, -0.1) is 0 Å². The monoisotopic (exact) mass is 225 g/mol. The molecule has 0 spiro atoms. The molecule has 0 aromatic heterocycles. The molecule has 2 rings (SSSR count). The van der Waals surface area contributed by atoms with Crippen LogP contribution in [0.5, 0.6) is 5.75 Å². The van der Waals surface area contributed by atoms with Gasteiger partial charge < -0.3 is 14.8 Å². The normalized spacial score (nSPS) is 18.1. The van der Waals surface area contributed by atoms with E-state index in [1.165, 1.54) is 13.2 Å². The van der Waals surface area contributed by atoms with E-state index < -0.39 is 11.8 Å². The van der Waals surface area contributed by atoms with Crippen LogP contribution in [0.2, 0.25) is 0 Å². The maximum Gasteiger partial charge on any atom is 0.338 e. The molecule has 5 heteroatoms. The maximum absolute atomic E-state index is 13.6. The number of hydrogen-bond acceptors (Lipinski definition) is 4. The fraction of sp³-hybridized carbons (Fsp3) is 0.364. The Hall–Kier alpha value is -1.78. The number of nitrogens with one attached hydrogen (secondary N) is 1. The molecule has 86 valence electrons. The number of anilines is 1. The molecule has 0 aliphatic carbocycles. The third-order valence-electron chi connectivity index (χ3n) is 2.36. The van der Waals surface area contributed by atoms with Gasteiger partial charge in [-0.05, 0) is 19.1 Å².